The molecule has 0 bridgehead atoms. The van der Waals surface area contributed by atoms with Crippen molar-refractivity contribution < 1.29 is 59.1 Å². The Morgan fingerprint density at radius 1 is 0.677 bits per heavy atom. The van der Waals surface area contributed by atoms with Crippen LogP contribution in [0.3, 0.4) is 0 Å². The molecule has 2 amide bonds. The van der Waals surface area contributed by atoms with E-state index in [-0.39, 0.29) is 31.0 Å². The average Bonchev–Trinajstić information content (AvgIpc) is 2.65. The Morgan fingerprint density at radius 3 is 1.32 bits per heavy atom. The van der Waals surface area contributed by atoms with Crippen molar-refractivity contribution in [1.82, 2.24) is 0 Å². The van der Waals surface area contributed by atoms with Crippen LogP contribution in [-0.4, -0.2) is 34.0 Å². The van der Waals surface area contributed by atoms with Crippen LogP contribution >= 0.6 is 0 Å². The standard InChI is InChI=1S/2C10H9NO4.Zn/c2*12-8-3-1-2-7(6-8)11-9(13)4-5-10(14)15;/h2*1-6,12H,(H,11,13)(H,14,15);/q;;+2/p-2/b2*5-4-;. The number of hydrogen-bond donors (Lipinski definition) is 4. The average molecular weight is 478 g/mol. The molecular weight excluding hydrogens is 462 g/mol. The fraction of sp³-hybridized carbons (Fsp3) is 0. The maximum absolute atomic E-state index is 11.1. The van der Waals surface area contributed by atoms with E-state index < -0.39 is 23.8 Å². The number of benzene rings is 2. The summed E-state index contributed by atoms with van der Waals surface area (Å²) in [6, 6.07) is 11.3. The van der Waals surface area contributed by atoms with Crippen LogP contribution in [0.15, 0.2) is 72.8 Å². The van der Waals surface area contributed by atoms with Crippen LogP contribution < -0.4 is 20.8 Å². The molecule has 0 spiro atoms. The third-order valence-electron chi connectivity index (χ3n) is 2.96. The Morgan fingerprint density at radius 2 is 1.03 bits per heavy atom. The zero-order valence-corrected chi connectivity index (χ0v) is 18.9. The molecular formula is C20H16N2O8Zn. The van der Waals surface area contributed by atoms with Crippen molar-refractivity contribution >= 4 is 35.1 Å². The predicted molar refractivity (Wildman–Crippen MR) is 103 cm³/mol. The molecule has 0 aliphatic rings. The van der Waals surface area contributed by atoms with Gasteiger partial charge in [-0.25, -0.2) is 9.59 Å². The summed E-state index contributed by atoms with van der Waals surface area (Å²) in [5.41, 5.74) is 0.671. The number of hydrogen-bond acceptors (Lipinski definition) is 6. The third kappa shape index (κ3) is 13.0. The molecule has 0 fully saturated rings. The fourth-order valence-electron chi connectivity index (χ4n) is 1.81. The van der Waals surface area contributed by atoms with E-state index in [9.17, 15) is 29.4 Å². The van der Waals surface area contributed by atoms with E-state index in [2.05, 4.69) is 10.6 Å². The van der Waals surface area contributed by atoms with E-state index in [4.69, 9.17) is 10.2 Å². The molecule has 0 heterocycles. The molecule has 156 valence electrons. The topological polar surface area (TPSA) is 179 Å². The van der Waals surface area contributed by atoms with Crippen molar-refractivity contribution in [2.45, 2.75) is 0 Å². The Hall–Kier alpha value is -3.98. The van der Waals surface area contributed by atoms with Gasteiger partial charge in [0.1, 0.15) is 0 Å². The van der Waals surface area contributed by atoms with Crippen LogP contribution in [0.4, 0.5) is 11.4 Å². The molecule has 0 saturated carbocycles. The summed E-state index contributed by atoms with van der Waals surface area (Å²) in [4.78, 5) is 42.3. The Balaban J connectivity index is 0.000000562. The number of carboxylic acid groups (broad SMARTS) is 2. The molecule has 2 aromatic carbocycles. The first-order chi connectivity index (χ1) is 14.2. The normalized spacial score (nSPS) is 9.81. The van der Waals surface area contributed by atoms with Crippen LogP contribution in [0.25, 0.3) is 0 Å². The first kappa shape index (κ1) is 27.0. The van der Waals surface area contributed by atoms with E-state index in [1.54, 1.807) is 0 Å². The van der Waals surface area contributed by atoms with Crippen LogP contribution in [-0.2, 0) is 38.7 Å². The van der Waals surface area contributed by atoms with Crippen LogP contribution in [0, 0.1) is 0 Å². The van der Waals surface area contributed by atoms with E-state index in [0.29, 0.717) is 11.4 Å². The van der Waals surface area contributed by atoms with Gasteiger partial charge >= 0.3 is 31.4 Å². The van der Waals surface area contributed by atoms with Crippen LogP contribution in [0.1, 0.15) is 0 Å². The Bertz CT molecular complexity index is 909. The predicted octanol–water partition coefficient (Wildman–Crippen LogP) is 0.676. The first-order valence-electron chi connectivity index (χ1n) is 8.14. The SMILES string of the molecule is O=C(O)/C=C\C(=O)Nc1cccc([O-])c1.O=C(O)/C=C\C(=O)Nc1cccc([O-])c1.[Zn+2]. The van der Waals surface area contributed by atoms with Crippen LogP contribution in [0.2, 0.25) is 0 Å². The molecule has 31 heavy (non-hydrogen) atoms. The van der Waals surface area contributed by atoms with E-state index >= 15 is 0 Å². The van der Waals surface area contributed by atoms with Gasteiger partial charge in [-0.2, -0.15) is 0 Å². The molecule has 0 aliphatic carbocycles. The van der Waals surface area contributed by atoms with E-state index in [0.717, 1.165) is 24.3 Å². The molecule has 0 aliphatic heterocycles. The summed E-state index contributed by atoms with van der Waals surface area (Å²) in [6.07, 6.45) is 3.19. The zero-order valence-electron chi connectivity index (χ0n) is 16.0. The minimum Gasteiger partial charge on any atom is -0.872 e. The second-order valence-electron chi connectivity index (χ2n) is 5.38. The first-order valence-corrected chi connectivity index (χ1v) is 8.14. The second-order valence-corrected chi connectivity index (χ2v) is 5.38. The molecule has 0 saturated heterocycles. The number of nitrogens with one attached hydrogen (secondary N) is 2. The minimum absolute atomic E-state index is 0. The fourth-order valence-corrected chi connectivity index (χ4v) is 1.81. The van der Waals surface area contributed by atoms with Gasteiger partial charge in [0.25, 0.3) is 0 Å². The number of carbonyl (C=O) groups is 4. The number of carboxylic acids is 2. The van der Waals surface area contributed by atoms with Crippen molar-refractivity contribution in [3.05, 3.63) is 72.8 Å². The molecule has 4 N–H and O–H groups in total. The summed E-state index contributed by atoms with van der Waals surface area (Å²) in [5.74, 6) is -4.05. The van der Waals surface area contributed by atoms with Crippen molar-refractivity contribution in [2.24, 2.45) is 0 Å². The number of rotatable bonds is 6. The maximum Gasteiger partial charge on any atom is 2.00 e. The molecule has 10 nitrogen and oxygen atoms in total. The summed E-state index contributed by atoms with van der Waals surface area (Å²) in [6.45, 7) is 0. The van der Waals surface area contributed by atoms with E-state index in [1.165, 1.54) is 48.5 Å². The van der Waals surface area contributed by atoms with Gasteiger partial charge in [-0.3, -0.25) is 9.59 Å². The summed E-state index contributed by atoms with van der Waals surface area (Å²) in [5, 5.41) is 43.0. The Kier molecular flexibility index (Phi) is 12.3. The van der Waals surface area contributed by atoms with Gasteiger partial charge in [0.05, 0.1) is 0 Å². The van der Waals surface area contributed by atoms with Crippen LogP contribution in [0.5, 0.6) is 11.5 Å². The van der Waals surface area contributed by atoms with E-state index in [1.807, 2.05) is 0 Å². The molecule has 2 aromatic rings. The smallest absolute Gasteiger partial charge is 0.872 e. The molecule has 0 unspecified atom stereocenters. The number of aliphatic carboxylic acids is 2. The van der Waals surface area contributed by atoms with Gasteiger partial charge in [-0.1, -0.05) is 24.3 Å². The molecule has 0 atom stereocenters. The number of anilines is 2. The summed E-state index contributed by atoms with van der Waals surface area (Å²) >= 11 is 0. The van der Waals surface area contributed by atoms with Crippen molar-refractivity contribution in [3.8, 4) is 11.5 Å². The Labute approximate surface area is 189 Å². The second kappa shape index (κ2) is 14.1. The third-order valence-corrected chi connectivity index (χ3v) is 2.96. The summed E-state index contributed by atoms with van der Waals surface area (Å²) in [7, 11) is 0. The monoisotopic (exact) mass is 476 g/mol. The molecule has 2 rings (SSSR count). The van der Waals surface area contributed by atoms with Gasteiger partial charge in [0, 0.05) is 35.7 Å². The molecule has 0 aromatic heterocycles. The van der Waals surface area contributed by atoms with Gasteiger partial charge in [0.2, 0.25) is 11.8 Å². The minimum atomic E-state index is -1.21. The number of amides is 2. The van der Waals surface area contributed by atoms with Crippen molar-refractivity contribution in [1.29, 1.82) is 0 Å². The largest absolute Gasteiger partial charge is 2.00 e. The zero-order chi connectivity index (χ0) is 22.5. The van der Waals surface area contributed by atoms with Crippen molar-refractivity contribution in [2.75, 3.05) is 10.6 Å². The van der Waals surface area contributed by atoms with Gasteiger partial charge in [0.15, 0.2) is 0 Å². The molecule has 11 heteroatoms. The summed E-state index contributed by atoms with van der Waals surface area (Å²) < 4.78 is 0. The quantitative estimate of drug-likeness (QED) is 0.346. The van der Waals surface area contributed by atoms with Gasteiger partial charge < -0.3 is 31.1 Å². The van der Waals surface area contributed by atoms with Crippen molar-refractivity contribution in [3.63, 3.8) is 0 Å². The van der Waals surface area contributed by atoms with Gasteiger partial charge in [-0.15, -0.1) is 11.5 Å². The maximum atomic E-state index is 11.1. The van der Waals surface area contributed by atoms with Gasteiger partial charge in [-0.05, 0) is 24.3 Å². The number of carbonyl (C=O) groups excluding carboxylic acids is 2. The molecule has 0 radical (unpaired) electrons.